The second-order valence-corrected chi connectivity index (χ2v) is 2.66. The molecule has 0 saturated heterocycles. The van der Waals surface area contributed by atoms with Gasteiger partial charge in [0.2, 0.25) is 0 Å². The van der Waals surface area contributed by atoms with Crippen molar-refractivity contribution in [2.45, 2.75) is 6.92 Å². The van der Waals surface area contributed by atoms with Gasteiger partial charge in [-0.1, -0.05) is 0 Å². The normalized spacial score (nSPS) is 10.9. The summed E-state index contributed by atoms with van der Waals surface area (Å²) in [6, 6.07) is 3.84. The van der Waals surface area contributed by atoms with Crippen LogP contribution in [0.3, 0.4) is 0 Å². The zero-order valence-electron chi connectivity index (χ0n) is 6.40. The maximum atomic E-state index is 12.6. The van der Waals surface area contributed by atoms with E-state index in [2.05, 4.69) is 0 Å². The summed E-state index contributed by atoms with van der Waals surface area (Å²) in [6.45, 7) is 1.73. The molecule has 0 spiro atoms. The third-order valence-electron chi connectivity index (χ3n) is 1.68. The minimum absolute atomic E-state index is 0.381. The molecular weight excluding hydrogens is 162 g/mol. The Hall–Kier alpha value is -1.38. The Kier molecular flexibility index (Phi) is 1.40. The van der Waals surface area contributed by atoms with Crippen LogP contribution >= 0.6 is 0 Å². The number of furan rings is 1. The summed E-state index contributed by atoms with van der Waals surface area (Å²) >= 11 is 0. The first-order valence-electron chi connectivity index (χ1n) is 3.52. The molecule has 0 aliphatic carbocycles. The summed E-state index contributed by atoms with van der Waals surface area (Å²) in [6.07, 6.45) is 0. The maximum absolute atomic E-state index is 12.6. The third kappa shape index (κ3) is 0.978. The first-order chi connectivity index (χ1) is 5.66. The van der Waals surface area contributed by atoms with Gasteiger partial charge in [-0.25, -0.2) is 8.78 Å². The minimum atomic E-state index is -0.878. The monoisotopic (exact) mass is 168 g/mol. The quantitative estimate of drug-likeness (QED) is 0.589. The average Bonchev–Trinajstić information content (AvgIpc) is 2.30. The van der Waals surface area contributed by atoms with Crippen LogP contribution in [-0.4, -0.2) is 0 Å². The zero-order valence-corrected chi connectivity index (χ0v) is 6.40. The summed E-state index contributed by atoms with van der Waals surface area (Å²) in [5, 5.41) is 0.589. The molecule has 1 aromatic heterocycles. The SMILES string of the molecule is Cc1cc2cc(F)c(F)cc2o1. The second kappa shape index (κ2) is 2.30. The molecule has 3 heteroatoms. The van der Waals surface area contributed by atoms with Gasteiger partial charge < -0.3 is 4.42 Å². The maximum Gasteiger partial charge on any atom is 0.162 e. The number of benzene rings is 1. The van der Waals surface area contributed by atoms with E-state index in [1.165, 1.54) is 0 Å². The molecular formula is C9H6F2O. The van der Waals surface area contributed by atoms with Gasteiger partial charge >= 0.3 is 0 Å². The molecule has 0 bridgehead atoms. The topological polar surface area (TPSA) is 13.1 Å². The highest BCUT2D eigenvalue weighted by Crippen LogP contribution is 2.21. The molecule has 0 radical (unpaired) electrons. The van der Waals surface area contributed by atoms with Crippen LogP contribution in [0, 0.1) is 18.6 Å². The van der Waals surface area contributed by atoms with Gasteiger partial charge in [0.25, 0.3) is 0 Å². The van der Waals surface area contributed by atoms with E-state index in [9.17, 15) is 8.78 Å². The highest BCUT2D eigenvalue weighted by atomic mass is 19.2. The first-order valence-corrected chi connectivity index (χ1v) is 3.52. The van der Waals surface area contributed by atoms with E-state index in [4.69, 9.17) is 4.42 Å². The van der Waals surface area contributed by atoms with E-state index in [-0.39, 0.29) is 0 Å². The number of hydrogen-bond acceptors (Lipinski definition) is 1. The Labute approximate surface area is 67.6 Å². The molecule has 12 heavy (non-hydrogen) atoms. The molecule has 0 saturated carbocycles. The largest absolute Gasteiger partial charge is 0.461 e. The van der Waals surface area contributed by atoms with Crippen LogP contribution in [0.15, 0.2) is 22.6 Å². The molecule has 2 aromatic rings. The van der Waals surface area contributed by atoms with Crippen molar-refractivity contribution in [2.75, 3.05) is 0 Å². The fourth-order valence-electron chi connectivity index (χ4n) is 1.17. The smallest absolute Gasteiger partial charge is 0.162 e. The van der Waals surface area contributed by atoms with Crippen molar-refractivity contribution in [3.63, 3.8) is 0 Å². The molecule has 0 unspecified atom stereocenters. The average molecular weight is 168 g/mol. The van der Waals surface area contributed by atoms with Crippen LogP contribution in [0.1, 0.15) is 5.76 Å². The van der Waals surface area contributed by atoms with Gasteiger partial charge in [0.15, 0.2) is 11.6 Å². The summed E-state index contributed by atoms with van der Waals surface area (Å²) < 4.78 is 30.4. The van der Waals surface area contributed by atoms with E-state index in [1.54, 1.807) is 13.0 Å². The lowest BCUT2D eigenvalue weighted by Gasteiger charge is -1.90. The molecule has 0 aliphatic heterocycles. The van der Waals surface area contributed by atoms with Crippen molar-refractivity contribution >= 4 is 11.0 Å². The second-order valence-electron chi connectivity index (χ2n) is 2.66. The Bertz CT molecular complexity index is 392. The van der Waals surface area contributed by atoms with Gasteiger partial charge in [-0.3, -0.25) is 0 Å². The van der Waals surface area contributed by atoms with Gasteiger partial charge in [0.1, 0.15) is 11.3 Å². The minimum Gasteiger partial charge on any atom is -0.461 e. The molecule has 0 N–H and O–H groups in total. The summed E-state index contributed by atoms with van der Waals surface area (Å²) in [4.78, 5) is 0. The molecule has 2 rings (SSSR count). The van der Waals surface area contributed by atoms with Crippen molar-refractivity contribution in [2.24, 2.45) is 0 Å². The standard InChI is InChI=1S/C9H6F2O/c1-5-2-6-3-7(10)8(11)4-9(6)12-5/h2-4H,1H3. The molecule has 1 aromatic carbocycles. The summed E-state index contributed by atoms with van der Waals surface area (Å²) in [5.41, 5.74) is 0.381. The van der Waals surface area contributed by atoms with E-state index in [0.717, 1.165) is 12.1 Å². The number of fused-ring (bicyclic) bond motifs is 1. The van der Waals surface area contributed by atoms with Crippen molar-refractivity contribution in [3.8, 4) is 0 Å². The van der Waals surface area contributed by atoms with Crippen LogP contribution < -0.4 is 0 Å². The summed E-state index contributed by atoms with van der Waals surface area (Å²) in [5.74, 6) is -1.07. The van der Waals surface area contributed by atoms with Crippen molar-refractivity contribution in [1.29, 1.82) is 0 Å². The van der Waals surface area contributed by atoms with Gasteiger partial charge in [0, 0.05) is 11.5 Å². The van der Waals surface area contributed by atoms with Crippen LogP contribution in [0.4, 0.5) is 8.78 Å². The molecule has 1 heterocycles. The van der Waals surface area contributed by atoms with Gasteiger partial charge in [0.05, 0.1) is 0 Å². The lowest BCUT2D eigenvalue weighted by Crippen LogP contribution is -1.80. The zero-order chi connectivity index (χ0) is 8.72. The van der Waals surface area contributed by atoms with E-state index in [1.807, 2.05) is 0 Å². The van der Waals surface area contributed by atoms with E-state index in [0.29, 0.717) is 16.7 Å². The molecule has 0 amide bonds. The van der Waals surface area contributed by atoms with Gasteiger partial charge in [-0.15, -0.1) is 0 Å². The predicted molar refractivity (Wildman–Crippen MR) is 40.9 cm³/mol. The lowest BCUT2D eigenvalue weighted by atomic mass is 10.2. The molecule has 62 valence electrons. The highest BCUT2D eigenvalue weighted by molar-refractivity contribution is 5.77. The predicted octanol–water partition coefficient (Wildman–Crippen LogP) is 3.02. The highest BCUT2D eigenvalue weighted by Gasteiger charge is 2.06. The first kappa shape index (κ1) is 7.28. The van der Waals surface area contributed by atoms with Gasteiger partial charge in [-0.2, -0.15) is 0 Å². The van der Waals surface area contributed by atoms with Crippen LogP contribution in [0.2, 0.25) is 0 Å². The summed E-state index contributed by atoms with van der Waals surface area (Å²) in [7, 11) is 0. The Morgan fingerprint density at radius 3 is 2.50 bits per heavy atom. The van der Waals surface area contributed by atoms with Crippen LogP contribution in [-0.2, 0) is 0 Å². The number of hydrogen-bond donors (Lipinski definition) is 0. The van der Waals surface area contributed by atoms with Crippen molar-refractivity contribution in [1.82, 2.24) is 0 Å². The Balaban J connectivity index is 2.83. The van der Waals surface area contributed by atoms with Crippen LogP contribution in [0.5, 0.6) is 0 Å². The third-order valence-corrected chi connectivity index (χ3v) is 1.68. The lowest BCUT2D eigenvalue weighted by molar-refractivity contribution is 0.506. The number of halogens is 2. The van der Waals surface area contributed by atoms with Crippen molar-refractivity contribution < 1.29 is 13.2 Å². The van der Waals surface area contributed by atoms with Gasteiger partial charge in [-0.05, 0) is 19.1 Å². The number of rotatable bonds is 0. The molecule has 0 atom stereocenters. The Morgan fingerprint density at radius 1 is 1.08 bits per heavy atom. The molecule has 0 aliphatic rings. The number of aryl methyl sites for hydroxylation is 1. The fraction of sp³-hybridized carbons (Fsp3) is 0.111. The van der Waals surface area contributed by atoms with Crippen LogP contribution in [0.25, 0.3) is 11.0 Å². The molecule has 1 nitrogen and oxygen atoms in total. The van der Waals surface area contributed by atoms with E-state index < -0.39 is 11.6 Å². The molecule has 0 fully saturated rings. The van der Waals surface area contributed by atoms with E-state index >= 15 is 0 Å². The fourth-order valence-corrected chi connectivity index (χ4v) is 1.17. The Morgan fingerprint density at radius 2 is 1.75 bits per heavy atom. The van der Waals surface area contributed by atoms with Crippen molar-refractivity contribution in [3.05, 3.63) is 35.6 Å².